The minimum absolute atomic E-state index is 0.418. The highest BCUT2D eigenvalue weighted by Gasteiger charge is 1.91. The summed E-state index contributed by atoms with van der Waals surface area (Å²) in [6.07, 6.45) is 1.89. The number of amides is 1. The number of aldehydes is 1. The average Bonchev–Trinajstić information content (AvgIpc) is 2.09. The second-order valence-corrected chi connectivity index (χ2v) is 2.33. The van der Waals surface area contributed by atoms with Gasteiger partial charge in [-0.1, -0.05) is 12.1 Å². The van der Waals surface area contributed by atoms with Crippen molar-refractivity contribution >= 4 is 18.4 Å². The molecule has 0 aliphatic heterocycles. The van der Waals surface area contributed by atoms with E-state index >= 15 is 0 Å². The van der Waals surface area contributed by atoms with Gasteiger partial charge in [0.1, 0.15) is 6.29 Å². The summed E-state index contributed by atoms with van der Waals surface area (Å²) in [6.45, 7) is 0. The maximum absolute atomic E-state index is 10.1. The second kappa shape index (κ2) is 4.28. The first-order valence-corrected chi connectivity index (χ1v) is 3.59. The van der Waals surface area contributed by atoms with Crippen molar-refractivity contribution in [3.8, 4) is 0 Å². The molecule has 62 valence electrons. The zero-order chi connectivity index (χ0) is 8.81. The van der Waals surface area contributed by atoms with Crippen molar-refractivity contribution < 1.29 is 9.59 Å². The Labute approximate surface area is 70.4 Å². The number of hydrogen-bond donors (Lipinski definition) is 1. The molecule has 1 amide bonds. The minimum atomic E-state index is 0.418. The lowest BCUT2D eigenvalue weighted by atomic mass is 10.1. The van der Waals surface area contributed by atoms with Crippen molar-refractivity contribution in [1.82, 2.24) is 0 Å². The molecule has 1 aromatic carbocycles. The fourth-order valence-corrected chi connectivity index (χ4v) is 0.901. The van der Waals surface area contributed by atoms with Crippen molar-refractivity contribution in [2.45, 2.75) is 6.42 Å². The minimum Gasteiger partial charge on any atom is -0.329 e. The van der Waals surface area contributed by atoms with E-state index in [1.807, 2.05) is 0 Å². The van der Waals surface area contributed by atoms with Crippen LogP contribution in [0, 0.1) is 0 Å². The SMILES string of the molecule is O=CCc1ccc(NC=O)cc1. The van der Waals surface area contributed by atoms with Crippen molar-refractivity contribution in [2.24, 2.45) is 0 Å². The summed E-state index contributed by atoms with van der Waals surface area (Å²) < 4.78 is 0. The van der Waals surface area contributed by atoms with Crippen LogP contribution in [-0.2, 0) is 16.0 Å². The van der Waals surface area contributed by atoms with E-state index in [1.54, 1.807) is 24.3 Å². The summed E-state index contributed by atoms with van der Waals surface area (Å²) in [6, 6.07) is 7.13. The normalized spacial score (nSPS) is 9.00. The molecule has 1 aromatic rings. The molecule has 0 saturated carbocycles. The van der Waals surface area contributed by atoms with E-state index < -0.39 is 0 Å². The zero-order valence-corrected chi connectivity index (χ0v) is 6.49. The molecule has 3 heteroatoms. The van der Waals surface area contributed by atoms with E-state index in [0.29, 0.717) is 12.8 Å². The Hall–Kier alpha value is -1.64. The second-order valence-electron chi connectivity index (χ2n) is 2.33. The molecule has 0 aliphatic carbocycles. The molecule has 12 heavy (non-hydrogen) atoms. The zero-order valence-electron chi connectivity index (χ0n) is 6.49. The fourth-order valence-electron chi connectivity index (χ4n) is 0.901. The highest BCUT2D eigenvalue weighted by Crippen LogP contribution is 2.07. The van der Waals surface area contributed by atoms with E-state index in [2.05, 4.69) is 5.32 Å². The standard InChI is InChI=1S/C9H9NO2/c11-6-5-8-1-3-9(4-2-8)10-7-12/h1-4,6-7H,5H2,(H,10,12). The number of anilines is 1. The van der Waals surface area contributed by atoms with Gasteiger partial charge in [0.2, 0.25) is 6.41 Å². The lowest BCUT2D eigenvalue weighted by Crippen LogP contribution is -1.93. The summed E-state index contributed by atoms with van der Waals surface area (Å²) in [5, 5.41) is 2.51. The van der Waals surface area contributed by atoms with E-state index in [-0.39, 0.29) is 0 Å². The van der Waals surface area contributed by atoms with Crippen LogP contribution in [-0.4, -0.2) is 12.7 Å². The Morgan fingerprint density at radius 3 is 2.33 bits per heavy atom. The predicted molar refractivity (Wildman–Crippen MR) is 45.9 cm³/mol. The van der Waals surface area contributed by atoms with Crippen molar-refractivity contribution in [1.29, 1.82) is 0 Å². The number of carbonyl (C=O) groups is 2. The van der Waals surface area contributed by atoms with Crippen molar-refractivity contribution in [3.05, 3.63) is 29.8 Å². The summed E-state index contributed by atoms with van der Waals surface area (Å²) >= 11 is 0. The van der Waals surface area contributed by atoms with Gasteiger partial charge in [0.05, 0.1) is 0 Å². The first kappa shape index (κ1) is 8.46. The Balaban J connectivity index is 2.70. The number of carbonyl (C=O) groups excluding carboxylic acids is 2. The molecule has 0 bridgehead atoms. The van der Waals surface area contributed by atoms with Gasteiger partial charge in [-0.3, -0.25) is 4.79 Å². The van der Waals surface area contributed by atoms with E-state index in [1.165, 1.54) is 0 Å². The Bertz CT molecular complexity index is 237. The van der Waals surface area contributed by atoms with Crippen LogP contribution in [0.2, 0.25) is 0 Å². The number of hydrogen-bond acceptors (Lipinski definition) is 2. The van der Waals surface area contributed by atoms with Gasteiger partial charge in [-0.2, -0.15) is 0 Å². The monoisotopic (exact) mass is 163 g/mol. The van der Waals surface area contributed by atoms with E-state index in [4.69, 9.17) is 0 Å². The van der Waals surface area contributed by atoms with Crippen LogP contribution in [0.4, 0.5) is 5.69 Å². The van der Waals surface area contributed by atoms with Crippen LogP contribution in [0.15, 0.2) is 24.3 Å². The van der Waals surface area contributed by atoms with Gasteiger partial charge in [0, 0.05) is 12.1 Å². The van der Waals surface area contributed by atoms with Crippen LogP contribution in [0.3, 0.4) is 0 Å². The summed E-state index contributed by atoms with van der Waals surface area (Å²) in [5.74, 6) is 0. The van der Waals surface area contributed by atoms with Gasteiger partial charge >= 0.3 is 0 Å². The number of nitrogens with one attached hydrogen (secondary N) is 1. The van der Waals surface area contributed by atoms with Gasteiger partial charge in [0.15, 0.2) is 0 Å². The molecule has 0 saturated heterocycles. The Kier molecular flexibility index (Phi) is 3.02. The van der Waals surface area contributed by atoms with Crippen LogP contribution >= 0.6 is 0 Å². The summed E-state index contributed by atoms with van der Waals surface area (Å²) in [4.78, 5) is 20.1. The molecule has 3 nitrogen and oxygen atoms in total. The van der Waals surface area contributed by atoms with Crippen LogP contribution < -0.4 is 5.32 Å². The third-order valence-corrected chi connectivity index (χ3v) is 1.50. The topological polar surface area (TPSA) is 46.2 Å². The maximum Gasteiger partial charge on any atom is 0.211 e. The number of benzene rings is 1. The van der Waals surface area contributed by atoms with Crippen LogP contribution in [0.5, 0.6) is 0 Å². The quantitative estimate of drug-likeness (QED) is 0.673. The molecule has 0 heterocycles. The molecule has 1 N–H and O–H groups in total. The molecular weight excluding hydrogens is 154 g/mol. The molecule has 0 fully saturated rings. The van der Waals surface area contributed by atoms with E-state index in [9.17, 15) is 9.59 Å². The Morgan fingerprint density at radius 2 is 1.83 bits per heavy atom. The van der Waals surface area contributed by atoms with Gasteiger partial charge in [-0.25, -0.2) is 0 Å². The van der Waals surface area contributed by atoms with Gasteiger partial charge < -0.3 is 10.1 Å². The molecule has 0 unspecified atom stereocenters. The summed E-state index contributed by atoms with van der Waals surface area (Å²) in [7, 11) is 0. The third kappa shape index (κ3) is 2.20. The maximum atomic E-state index is 10.1. The van der Waals surface area contributed by atoms with Crippen molar-refractivity contribution in [2.75, 3.05) is 5.32 Å². The number of rotatable bonds is 4. The lowest BCUT2D eigenvalue weighted by Gasteiger charge is -1.98. The van der Waals surface area contributed by atoms with E-state index in [0.717, 1.165) is 17.5 Å². The van der Waals surface area contributed by atoms with Crippen LogP contribution in [0.25, 0.3) is 0 Å². The molecule has 0 radical (unpaired) electrons. The lowest BCUT2D eigenvalue weighted by molar-refractivity contribution is -0.107. The average molecular weight is 163 g/mol. The fraction of sp³-hybridized carbons (Fsp3) is 0.111. The van der Waals surface area contributed by atoms with Crippen LogP contribution in [0.1, 0.15) is 5.56 Å². The molecule has 0 spiro atoms. The van der Waals surface area contributed by atoms with Gasteiger partial charge in [-0.05, 0) is 17.7 Å². The molecule has 0 aliphatic rings. The predicted octanol–water partition coefficient (Wildman–Crippen LogP) is 0.996. The van der Waals surface area contributed by atoms with Gasteiger partial charge in [0.25, 0.3) is 0 Å². The van der Waals surface area contributed by atoms with Gasteiger partial charge in [-0.15, -0.1) is 0 Å². The molecule has 0 aromatic heterocycles. The highest BCUT2D eigenvalue weighted by molar-refractivity contribution is 5.71. The highest BCUT2D eigenvalue weighted by atomic mass is 16.1. The molecular formula is C9H9NO2. The Morgan fingerprint density at radius 1 is 1.17 bits per heavy atom. The molecule has 1 rings (SSSR count). The smallest absolute Gasteiger partial charge is 0.211 e. The largest absolute Gasteiger partial charge is 0.329 e. The first-order valence-electron chi connectivity index (χ1n) is 3.59. The summed E-state index contributed by atoms with van der Waals surface area (Å²) in [5.41, 5.74) is 1.68. The molecule has 0 atom stereocenters. The van der Waals surface area contributed by atoms with Crippen molar-refractivity contribution in [3.63, 3.8) is 0 Å². The third-order valence-electron chi connectivity index (χ3n) is 1.50. The first-order chi connectivity index (χ1) is 5.86.